The van der Waals surface area contributed by atoms with Gasteiger partial charge in [-0.2, -0.15) is 0 Å². The number of imidazole rings is 1. The number of nitrogens with one attached hydrogen (secondary N) is 1. The zero-order valence-electron chi connectivity index (χ0n) is 12.3. The largest absolute Gasteiger partial charge is 0.480 e. The number of aromatic nitrogens is 2. The monoisotopic (exact) mass is 294 g/mol. The van der Waals surface area contributed by atoms with E-state index in [0.29, 0.717) is 25.9 Å². The summed E-state index contributed by atoms with van der Waals surface area (Å²) < 4.78 is 1.90. The number of urea groups is 1. The van der Waals surface area contributed by atoms with Crippen molar-refractivity contribution in [2.45, 2.75) is 38.1 Å². The van der Waals surface area contributed by atoms with Crippen LogP contribution >= 0.6 is 0 Å². The normalized spacial score (nSPS) is 19.1. The van der Waals surface area contributed by atoms with Gasteiger partial charge in [-0.05, 0) is 12.8 Å². The third kappa shape index (κ3) is 3.96. The highest BCUT2D eigenvalue weighted by molar-refractivity contribution is 5.82. The molecule has 0 aromatic carbocycles. The summed E-state index contributed by atoms with van der Waals surface area (Å²) >= 11 is 0. The van der Waals surface area contributed by atoms with Gasteiger partial charge in [0.2, 0.25) is 0 Å². The van der Waals surface area contributed by atoms with Crippen molar-refractivity contribution in [2.24, 2.45) is 7.05 Å². The number of hydrogen-bond acceptors (Lipinski definition) is 3. The summed E-state index contributed by atoms with van der Waals surface area (Å²) in [5.74, 6) is -0.0305. The quantitative estimate of drug-likeness (QED) is 0.867. The molecule has 1 atom stereocenters. The Balaban J connectivity index is 1.88. The van der Waals surface area contributed by atoms with Crippen LogP contribution in [-0.4, -0.2) is 50.7 Å². The zero-order valence-corrected chi connectivity index (χ0v) is 12.3. The van der Waals surface area contributed by atoms with Gasteiger partial charge in [0.25, 0.3) is 0 Å². The molecule has 7 nitrogen and oxygen atoms in total. The van der Waals surface area contributed by atoms with Crippen molar-refractivity contribution >= 4 is 12.0 Å². The van der Waals surface area contributed by atoms with Gasteiger partial charge in [-0.3, -0.25) is 0 Å². The van der Waals surface area contributed by atoms with Crippen LogP contribution < -0.4 is 5.32 Å². The Bertz CT molecular complexity index is 500. The van der Waals surface area contributed by atoms with E-state index in [-0.39, 0.29) is 6.03 Å². The van der Waals surface area contributed by atoms with Crippen LogP contribution in [0.4, 0.5) is 4.79 Å². The first-order chi connectivity index (χ1) is 10.1. The molecule has 1 aliphatic heterocycles. The molecule has 1 saturated heterocycles. The fourth-order valence-corrected chi connectivity index (χ4v) is 2.63. The van der Waals surface area contributed by atoms with E-state index in [9.17, 15) is 14.7 Å². The summed E-state index contributed by atoms with van der Waals surface area (Å²) in [7, 11) is 1.90. The van der Waals surface area contributed by atoms with E-state index in [1.54, 1.807) is 6.20 Å². The Morgan fingerprint density at radius 1 is 1.43 bits per heavy atom. The number of rotatable bonds is 4. The van der Waals surface area contributed by atoms with Crippen molar-refractivity contribution in [1.29, 1.82) is 0 Å². The highest BCUT2D eigenvalue weighted by atomic mass is 16.4. The molecular formula is C14H22N4O3. The van der Waals surface area contributed by atoms with E-state index >= 15 is 0 Å². The van der Waals surface area contributed by atoms with Crippen molar-refractivity contribution in [3.63, 3.8) is 0 Å². The fourth-order valence-electron chi connectivity index (χ4n) is 2.63. The lowest BCUT2D eigenvalue weighted by Crippen LogP contribution is -2.49. The van der Waals surface area contributed by atoms with E-state index in [2.05, 4.69) is 10.3 Å². The molecular weight excluding hydrogens is 272 g/mol. The molecule has 1 aliphatic rings. The molecule has 1 fully saturated rings. The zero-order chi connectivity index (χ0) is 15.2. The number of hydrogen-bond donors (Lipinski definition) is 2. The first kappa shape index (κ1) is 15.3. The smallest absolute Gasteiger partial charge is 0.326 e. The van der Waals surface area contributed by atoms with Crippen LogP contribution in [0.25, 0.3) is 0 Å². The molecule has 21 heavy (non-hydrogen) atoms. The van der Waals surface area contributed by atoms with Gasteiger partial charge in [-0.15, -0.1) is 0 Å². The lowest BCUT2D eigenvalue weighted by atomic mass is 10.1. The highest BCUT2D eigenvalue weighted by Gasteiger charge is 2.30. The van der Waals surface area contributed by atoms with E-state index in [4.69, 9.17) is 0 Å². The molecule has 0 aliphatic carbocycles. The standard InChI is InChI=1S/C14H22N4O3/c1-17-10-8-15-12(17)6-7-16-14(21)18-9-4-2-3-5-11(18)13(19)20/h8,10-11H,2-7,9H2,1H3,(H,16,21)(H,19,20). The predicted octanol–water partition coefficient (Wildman–Crippen LogP) is 1.00. The van der Waals surface area contributed by atoms with Gasteiger partial charge in [-0.25, -0.2) is 14.6 Å². The topological polar surface area (TPSA) is 87.5 Å². The van der Waals surface area contributed by atoms with Crippen LogP contribution in [0.3, 0.4) is 0 Å². The summed E-state index contributed by atoms with van der Waals surface area (Å²) in [6.07, 6.45) is 7.41. The molecule has 1 aromatic rings. The molecule has 2 amide bonds. The van der Waals surface area contributed by atoms with Crippen molar-refractivity contribution in [1.82, 2.24) is 19.8 Å². The van der Waals surface area contributed by atoms with Gasteiger partial charge in [-0.1, -0.05) is 12.8 Å². The second kappa shape index (κ2) is 7.10. The summed E-state index contributed by atoms with van der Waals surface area (Å²) in [4.78, 5) is 29.1. The van der Waals surface area contributed by atoms with Gasteiger partial charge in [0, 0.05) is 39.0 Å². The van der Waals surface area contributed by atoms with Crippen molar-refractivity contribution in [2.75, 3.05) is 13.1 Å². The lowest BCUT2D eigenvalue weighted by Gasteiger charge is -2.27. The maximum atomic E-state index is 12.2. The van der Waals surface area contributed by atoms with Crippen LogP contribution in [0, 0.1) is 0 Å². The first-order valence-electron chi connectivity index (χ1n) is 7.33. The van der Waals surface area contributed by atoms with Crippen molar-refractivity contribution in [3.05, 3.63) is 18.2 Å². The van der Waals surface area contributed by atoms with Gasteiger partial charge >= 0.3 is 12.0 Å². The summed E-state index contributed by atoms with van der Waals surface area (Å²) in [5.41, 5.74) is 0. The average molecular weight is 294 g/mol. The molecule has 2 N–H and O–H groups in total. The molecule has 0 spiro atoms. The number of amides is 2. The molecule has 116 valence electrons. The van der Waals surface area contributed by atoms with E-state index in [0.717, 1.165) is 25.1 Å². The first-order valence-corrected chi connectivity index (χ1v) is 7.33. The Hall–Kier alpha value is -2.05. The van der Waals surface area contributed by atoms with Crippen LogP contribution in [0.2, 0.25) is 0 Å². The minimum Gasteiger partial charge on any atom is -0.480 e. The number of likely N-dealkylation sites (tertiary alicyclic amines) is 1. The number of nitrogens with zero attached hydrogens (tertiary/aromatic N) is 3. The second-order valence-electron chi connectivity index (χ2n) is 5.33. The number of carbonyl (C=O) groups is 2. The van der Waals surface area contributed by atoms with Gasteiger partial charge in [0.15, 0.2) is 0 Å². The number of carbonyl (C=O) groups excluding carboxylic acids is 1. The second-order valence-corrected chi connectivity index (χ2v) is 5.33. The molecule has 0 bridgehead atoms. The van der Waals surface area contributed by atoms with Gasteiger partial charge in [0.05, 0.1) is 0 Å². The molecule has 0 radical (unpaired) electrons. The number of carboxylic acid groups (broad SMARTS) is 1. The van der Waals surface area contributed by atoms with Crippen LogP contribution in [0.5, 0.6) is 0 Å². The Morgan fingerprint density at radius 3 is 2.90 bits per heavy atom. The molecule has 2 heterocycles. The maximum Gasteiger partial charge on any atom is 0.326 e. The number of carboxylic acids is 1. The molecule has 7 heteroatoms. The molecule has 2 rings (SSSR count). The van der Waals surface area contributed by atoms with E-state index < -0.39 is 12.0 Å². The maximum absolute atomic E-state index is 12.2. The van der Waals surface area contributed by atoms with E-state index in [1.807, 2.05) is 17.8 Å². The minimum absolute atomic E-state index is 0.293. The molecule has 0 saturated carbocycles. The lowest BCUT2D eigenvalue weighted by molar-refractivity contribution is -0.142. The Morgan fingerprint density at radius 2 is 2.24 bits per heavy atom. The minimum atomic E-state index is -0.920. The highest BCUT2D eigenvalue weighted by Crippen LogP contribution is 2.17. The van der Waals surface area contributed by atoms with E-state index in [1.165, 1.54) is 4.90 Å². The number of aliphatic carboxylic acids is 1. The fraction of sp³-hybridized carbons (Fsp3) is 0.643. The predicted molar refractivity (Wildman–Crippen MR) is 76.9 cm³/mol. The molecule has 1 aromatic heterocycles. The van der Waals surface area contributed by atoms with Crippen molar-refractivity contribution < 1.29 is 14.7 Å². The third-order valence-corrected chi connectivity index (χ3v) is 3.84. The van der Waals surface area contributed by atoms with Crippen molar-refractivity contribution in [3.8, 4) is 0 Å². The SMILES string of the molecule is Cn1ccnc1CCNC(=O)N1CCCCCC1C(=O)O. The molecule has 1 unspecified atom stereocenters. The summed E-state index contributed by atoms with van der Waals surface area (Å²) in [6.45, 7) is 0.956. The Kier molecular flexibility index (Phi) is 5.19. The van der Waals surface area contributed by atoms with Crippen LogP contribution in [-0.2, 0) is 18.3 Å². The van der Waals surface area contributed by atoms with Crippen LogP contribution in [0.15, 0.2) is 12.4 Å². The Labute approximate surface area is 124 Å². The third-order valence-electron chi connectivity index (χ3n) is 3.84. The van der Waals surface area contributed by atoms with Gasteiger partial charge in [0.1, 0.15) is 11.9 Å². The summed E-state index contributed by atoms with van der Waals surface area (Å²) in [6, 6.07) is -1.00. The number of aryl methyl sites for hydroxylation is 1. The average Bonchev–Trinajstić information content (AvgIpc) is 2.72. The van der Waals surface area contributed by atoms with Gasteiger partial charge < -0.3 is 19.9 Å². The van der Waals surface area contributed by atoms with Crippen LogP contribution in [0.1, 0.15) is 31.5 Å². The summed E-state index contributed by atoms with van der Waals surface area (Å²) in [5, 5.41) is 12.1.